The third-order valence-corrected chi connectivity index (χ3v) is 6.75. The van der Waals surface area contributed by atoms with E-state index in [1.807, 2.05) is 37.3 Å². The number of carbonyl (C=O) groups is 2. The Hall–Kier alpha value is -2.34. The molecule has 0 saturated heterocycles. The van der Waals surface area contributed by atoms with Crippen LogP contribution in [-0.2, 0) is 21.8 Å². The van der Waals surface area contributed by atoms with Crippen LogP contribution in [0.3, 0.4) is 0 Å². The predicted octanol–water partition coefficient (Wildman–Crippen LogP) is 4.58. The molecule has 4 nitrogen and oxygen atoms in total. The van der Waals surface area contributed by atoms with Gasteiger partial charge in [0.2, 0.25) is 11.8 Å². The van der Waals surface area contributed by atoms with Crippen molar-refractivity contribution in [2.45, 2.75) is 56.9 Å². The molecule has 166 valence electrons. The topological polar surface area (TPSA) is 49.4 Å². The summed E-state index contributed by atoms with van der Waals surface area (Å²) in [7, 11) is 0. The van der Waals surface area contributed by atoms with Crippen molar-refractivity contribution in [2.75, 3.05) is 12.3 Å². The fourth-order valence-electron chi connectivity index (χ4n) is 3.88. The van der Waals surface area contributed by atoms with Gasteiger partial charge in [0.15, 0.2) is 0 Å². The molecule has 1 N–H and O–H groups in total. The van der Waals surface area contributed by atoms with E-state index in [2.05, 4.69) is 5.32 Å². The number of rotatable bonds is 10. The molecule has 31 heavy (non-hydrogen) atoms. The zero-order valence-electron chi connectivity index (χ0n) is 18.1. The molecule has 0 radical (unpaired) electrons. The van der Waals surface area contributed by atoms with Gasteiger partial charge in [0, 0.05) is 18.3 Å². The van der Waals surface area contributed by atoms with E-state index in [-0.39, 0.29) is 29.4 Å². The summed E-state index contributed by atoms with van der Waals surface area (Å²) in [6.07, 6.45) is 5.04. The minimum Gasteiger partial charge on any atom is -0.352 e. The van der Waals surface area contributed by atoms with Crippen LogP contribution < -0.4 is 5.32 Å². The van der Waals surface area contributed by atoms with Crippen LogP contribution in [0, 0.1) is 5.82 Å². The molecule has 2 amide bonds. The molecule has 3 rings (SSSR count). The number of hydrogen-bond donors (Lipinski definition) is 1. The lowest BCUT2D eigenvalue weighted by molar-refractivity contribution is -0.138. The van der Waals surface area contributed by atoms with Crippen LogP contribution in [0.1, 0.15) is 43.7 Å². The molecule has 1 aliphatic carbocycles. The van der Waals surface area contributed by atoms with E-state index in [1.165, 1.54) is 23.9 Å². The van der Waals surface area contributed by atoms with Gasteiger partial charge in [-0.15, -0.1) is 11.8 Å². The van der Waals surface area contributed by atoms with Gasteiger partial charge in [-0.25, -0.2) is 4.39 Å². The minimum atomic E-state index is -0.511. The van der Waals surface area contributed by atoms with Crippen molar-refractivity contribution in [1.82, 2.24) is 10.2 Å². The summed E-state index contributed by atoms with van der Waals surface area (Å²) in [4.78, 5) is 27.6. The fraction of sp³-hybridized carbons (Fsp3) is 0.440. The quantitative estimate of drug-likeness (QED) is 0.586. The summed E-state index contributed by atoms with van der Waals surface area (Å²) in [6, 6.07) is 16.1. The van der Waals surface area contributed by atoms with Gasteiger partial charge in [-0.05, 0) is 49.4 Å². The Morgan fingerprint density at radius 3 is 2.42 bits per heavy atom. The molecule has 6 heteroatoms. The lowest BCUT2D eigenvalue weighted by Gasteiger charge is -2.29. The maximum atomic E-state index is 13.1. The van der Waals surface area contributed by atoms with Crippen LogP contribution in [0.5, 0.6) is 0 Å². The summed E-state index contributed by atoms with van der Waals surface area (Å²) in [5.41, 5.74) is 2.12. The molecule has 0 heterocycles. The molecule has 2 aromatic rings. The van der Waals surface area contributed by atoms with E-state index in [0.29, 0.717) is 18.7 Å². The number of thioether (sulfide) groups is 1. The van der Waals surface area contributed by atoms with Gasteiger partial charge in [-0.2, -0.15) is 0 Å². The molecule has 0 aliphatic heterocycles. The number of carbonyl (C=O) groups excluding carboxylic acids is 2. The van der Waals surface area contributed by atoms with Gasteiger partial charge in [0.25, 0.3) is 0 Å². The molecule has 2 aromatic carbocycles. The monoisotopic (exact) mass is 442 g/mol. The zero-order valence-corrected chi connectivity index (χ0v) is 18.9. The van der Waals surface area contributed by atoms with Crippen molar-refractivity contribution in [3.63, 3.8) is 0 Å². The lowest BCUT2D eigenvalue weighted by atomic mass is 10.1. The third-order valence-electron chi connectivity index (χ3n) is 5.76. The van der Waals surface area contributed by atoms with E-state index < -0.39 is 6.04 Å². The van der Waals surface area contributed by atoms with Crippen molar-refractivity contribution >= 4 is 23.6 Å². The fourth-order valence-corrected chi connectivity index (χ4v) is 4.75. The average Bonchev–Trinajstić information content (AvgIpc) is 3.29. The van der Waals surface area contributed by atoms with E-state index in [1.54, 1.807) is 17.0 Å². The average molecular weight is 443 g/mol. The number of hydrogen-bond acceptors (Lipinski definition) is 3. The highest BCUT2D eigenvalue weighted by molar-refractivity contribution is 7.99. The van der Waals surface area contributed by atoms with Gasteiger partial charge in [-0.3, -0.25) is 9.59 Å². The molecular weight excluding hydrogens is 411 g/mol. The largest absolute Gasteiger partial charge is 0.352 e. The second-order valence-corrected chi connectivity index (χ2v) is 9.09. The van der Waals surface area contributed by atoms with Gasteiger partial charge in [0.1, 0.15) is 11.9 Å². The van der Waals surface area contributed by atoms with Crippen LogP contribution in [-0.4, -0.2) is 41.1 Å². The Labute approximate surface area is 188 Å². The Morgan fingerprint density at radius 1 is 1.06 bits per heavy atom. The van der Waals surface area contributed by atoms with E-state index in [9.17, 15) is 14.0 Å². The van der Waals surface area contributed by atoms with Crippen molar-refractivity contribution < 1.29 is 14.0 Å². The number of halogens is 1. The highest BCUT2D eigenvalue weighted by Gasteiger charge is 2.28. The van der Waals surface area contributed by atoms with Gasteiger partial charge in [-0.1, -0.05) is 55.3 Å². The Morgan fingerprint density at radius 2 is 1.74 bits per heavy atom. The first-order valence-corrected chi connectivity index (χ1v) is 12.1. The summed E-state index contributed by atoms with van der Waals surface area (Å²) in [5.74, 6) is 0.530. The first-order chi connectivity index (χ1) is 15.0. The SMILES string of the molecule is CC(C(=O)NC1CCCC1)N(CCc1ccccc1)C(=O)CSCc1ccc(F)cc1. The second kappa shape index (κ2) is 11.9. The van der Waals surface area contributed by atoms with Crippen LogP contribution in [0.25, 0.3) is 0 Å². The molecule has 1 unspecified atom stereocenters. The van der Waals surface area contributed by atoms with E-state index in [0.717, 1.165) is 36.8 Å². The molecule has 0 bridgehead atoms. The van der Waals surface area contributed by atoms with Crippen LogP contribution in [0.4, 0.5) is 4.39 Å². The molecule has 1 atom stereocenters. The van der Waals surface area contributed by atoms with Gasteiger partial charge < -0.3 is 10.2 Å². The highest BCUT2D eigenvalue weighted by atomic mass is 32.2. The van der Waals surface area contributed by atoms with Crippen molar-refractivity contribution in [2.24, 2.45) is 0 Å². The molecule has 1 aliphatic rings. The van der Waals surface area contributed by atoms with Crippen LogP contribution >= 0.6 is 11.8 Å². The minimum absolute atomic E-state index is 0.0443. The van der Waals surface area contributed by atoms with Gasteiger partial charge >= 0.3 is 0 Å². The first-order valence-electron chi connectivity index (χ1n) is 11.0. The molecule has 0 aromatic heterocycles. The number of amides is 2. The van der Waals surface area contributed by atoms with Gasteiger partial charge in [0.05, 0.1) is 5.75 Å². The lowest BCUT2D eigenvalue weighted by Crippen LogP contribution is -2.51. The highest BCUT2D eigenvalue weighted by Crippen LogP contribution is 2.19. The normalized spacial score (nSPS) is 14.9. The number of benzene rings is 2. The molecule has 0 spiro atoms. The smallest absolute Gasteiger partial charge is 0.242 e. The van der Waals surface area contributed by atoms with E-state index in [4.69, 9.17) is 0 Å². The van der Waals surface area contributed by atoms with Crippen molar-refractivity contribution in [3.05, 3.63) is 71.5 Å². The predicted molar refractivity (Wildman–Crippen MR) is 124 cm³/mol. The molecular formula is C25H31FN2O2S. The Bertz CT molecular complexity index is 838. The van der Waals surface area contributed by atoms with Crippen LogP contribution in [0.2, 0.25) is 0 Å². The number of nitrogens with zero attached hydrogens (tertiary/aromatic N) is 1. The van der Waals surface area contributed by atoms with E-state index >= 15 is 0 Å². The third kappa shape index (κ3) is 7.39. The maximum absolute atomic E-state index is 13.1. The molecule has 1 fully saturated rings. The Balaban J connectivity index is 1.59. The zero-order chi connectivity index (χ0) is 22.1. The second-order valence-electron chi connectivity index (χ2n) is 8.11. The summed E-state index contributed by atoms with van der Waals surface area (Å²) in [6.45, 7) is 2.32. The summed E-state index contributed by atoms with van der Waals surface area (Å²) in [5, 5.41) is 3.12. The number of nitrogens with one attached hydrogen (secondary N) is 1. The standard InChI is InChI=1S/C25H31FN2O2S/c1-19(25(30)27-23-9-5-6-10-23)28(16-15-20-7-3-2-4-8-20)24(29)18-31-17-21-11-13-22(26)14-12-21/h2-4,7-8,11-14,19,23H,5-6,9-10,15-18H2,1H3,(H,27,30). The summed E-state index contributed by atoms with van der Waals surface area (Å²) < 4.78 is 13.1. The maximum Gasteiger partial charge on any atom is 0.242 e. The van der Waals surface area contributed by atoms with Crippen molar-refractivity contribution in [3.8, 4) is 0 Å². The Kier molecular flexibility index (Phi) is 8.95. The van der Waals surface area contributed by atoms with Crippen LogP contribution in [0.15, 0.2) is 54.6 Å². The van der Waals surface area contributed by atoms with Crippen molar-refractivity contribution in [1.29, 1.82) is 0 Å². The first kappa shape index (κ1) is 23.3. The molecule has 1 saturated carbocycles. The summed E-state index contributed by atoms with van der Waals surface area (Å²) >= 11 is 1.49.